The van der Waals surface area contributed by atoms with Gasteiger partial charge in [0.05, 0.1) is 5.69 Å². The Morgan fingerprint density at radius 2 is 2.43 bits per heavy atom. The van der Waals surface area contributed by atoms with Gasteiger partial charge in [-0.05, 0) is 13.8 Å². The molecule has 0 saturated carbocycles. The van der Waals surface area contributed by atoms with Crippen molar-refractivity contribution in [3.05, 3.63) is 17.5 Å². The van der Waals surface area contributed by atoms with E-state index in [9.17, 15) is 4.79 Å². The standard InChI is InChI=1S/C9H14ClN3O/c1-4-11-9(14)8(10)7-5-13(3)12-6(7)2/h5,8H,4H2,1-3H3,(H,11,14). The van der Waals surface area contributed by atoms with Crippen LogP contribution in [0.3, 0.4) is 0 Å². The Bertz CT molecular complexity index is 335. The van der Waals surface area contributed by atoms with Gasteiger partial charge >= 0.3 is 0 Å². The van der Waals surface area contributed by atoms with E-state index in [1.165, 1.54) is 0 Å². The summed E-state index contributed by atoms with van der Waals surface area (Å²) in [5.41, 5.74) is 1.55. The molecule has 1 atom stereocenters. The highest BCUT2D eigenvalue weighted by atomic mass is 35.5. The monoisotopic (exact) mass is 215 g/mol. The van der Waals surface area contributed by atoms with Crippen molar-refractivity contribution in [2.45, 2.75) is 19.2 Å². The van der Waals surface area contributed by atoms with Crippen molar-refractivity contribution in [2.24, 2.45) is 7.05 Å². The van der Waals surface area contributed by atoms with Gasteiger partial charge in [-0.1, -0.05) is 0 Å². The molecule has 1 aromatic rings. The molecule has 0 saturated heterocycles. The largest absolute Gasteiger partial charge is 0.355 e. The van der Waals surface area contributed by atoms with Crippen LogP contribution >= 0.6 is 11.6 Å². The lowest BCUT2D eigenvalue weighted by Gasteiger charge is -2.07. The van der Waals surface area contributed by atoms with Gasteiger partial charge in [-0.2, -0.15) is 5.10 Å². The van der Waals surface area contributed by atoms with E-state index in [1.807, 2.05) is 13.8 Å². The van der Waals surface area contributed by atoms with E-state index < -0.39 is 5.38 Å². The fourth-order valence-electron chi connectivity index (χ4n) is 1.27. The number of aromatic nitrogens is 2. The first-order valence-electron chi connectivity index (χ1n) is 4.48. The molecule has 1 rings (SSSR count). The number of halogens is 1. The first kappa shape index (κ1) is 11.0. The third-order valence-corrected chi connectivity index (χ3v) is 2.34. The second kappa shape index (κ2) is 4.46. The minimum Gasteiger partial charge on any atom is -0.355 e. The van der Waals surface area contributed by atoms with E-state index in [2.05, 4.69) is 10.4 Å². The predicted molar refractivity (Wildman–Crippen MR) is 55.2 cm³/mol. The summed E-state index contributed by atoms with van der Waals surface area (Å²) in [6.07, 6.45) is 1.77. The van der Waals surface area contributed by atoms with E-state index in [1.54, 1.807) is 17.9 Å². The zero-order valence-electron chi connectivity index (χ0n) is 8.54. The smallest absolute Gasteiger partial charge is 0.242 e. The van der Waals surface area contributed by atoms with Crippen LogP contribution in [0.15, 0.2) is 6.20 Å². The normalized spacial score (nSPS) is 12.6. The van der Waals surface area contributed by atoms with Crippen molar-refractivity contribution in [2.75, 3.05) is 6.54 Å². The first-order chi connectivity index (χ1) is 6.56. The summed E-state index contributed by atoms with van der Waals surface area (Å²) in [4.78, 5) is 11.4. The molecule has 0 aliphatic rings. The maximum absolute atomic E-state index is 11.4. The molecular weight excluding hydrogens is 202 g/mol. The van der Waals surface area contributed by atoms with E-state index in [4.69, 9.17) is 11.6 Å². The fourth-order valence-corrected chi connectivity index (χ4v) is 1.56. The lowest BCUT2D eigenvalue weighted by molar-refractivity contribution is -0.120. The van der Waals surface area contributed by atoms with E-state index >= 15 is 0 Å². The van der Waals surface area contributed by atoms with Gasteiger partial charge in [-0.15, -0.1) is 11.6 Å². The number of nitrogens with zero attached hydrogens (tertiary/aromatic N) is 2. The molecule has 0 bridgehead atoms. The first-order valence-corrected chi connectivity index (χ1v) is 4.91. The average Bonchev–Trinajstić information content (AvgIpc) is 2.44. The van der Waals surface area contributed by atoms with Crippen molar-refractivity contribution in [3.63, 3.8) is 0 Å². The van der Waals surface area contributed by atoms with Crippen LogP contribution in [-0.2, 0) is 11.8 Å². The van der Waals surface area contributed by atoms with Gasteiger partial charge in [0.1, 0.15) is 5.38 Å². The summed E-state index contributed by atoms with van der Waals surface area (Å²) in [6.45, 7) is 4.28. The molecule has 1 unspecified atom stereocenters. The number of carbonyl (C=O) groups is 1. The van der Waals surface area contributed by atoms with E-state index in [0.717, 1.165) is 11.3 Å². The van der Waals surface area contributed by atoms with Crippen LogP contribution in [0.1, 0.15) is 23.6 Å². The maximum Gasteiger partial charge on any atom is 0.242 e. The quantitative estimate of drug-likeness (QED) is 0.769. The number of hydrogen-bond acceptors (Lipinski definition) is 2. The fraction of sp³-hybridized carbons (Fsp3) is 0.556. The van der Waals surface area contributed by atoms with Crippen LogP contribution < -0.4 is 5.32 Å². The number of carbonyl (C=O) groups excluding carboxylic acids is 1. The van der Waals surface area contributed by atoms with Crippen molar-refractivity contribution >= 4 is 17.5 Å². The second-order valence-electron chi connectivity index (χ2n) is 3.10. The minimum absolute atomic E-state index is 0.176. The molecule has 5 heteroatoms. The molecular formula is C9H14ClN3O. The summed E-state index contributed by atoms with van der Waals surface area (Å²) in [5, 5.41) is 6.15. The molecule has 78 valence electrons. The molecule has 1 aromatic heterocycles. The summed E-state index contributed by atoms with van der Waals surface area (Å²) in [7, 11) is 1.80. The van der Waals surface area contributed by atoms with Crippen LogP contribution in [0.4, 0.5) is 0 Å². The number of aryl methyl sites for hydroxylation is 2. The number of hydrogen-bond donors (Lipinski definition) is 1. The average molecular weight is 216 g/mol. The Balaban J connectivity index is 2.83. The molecule has 0 fully saturated rings. The molecule has 1 heterocycles. The van der Waals surface area contributed by atoms with Crippen LogP contribution in [0.2, 0.25) is 0 Å². The Hall–Kier alpha value is -1.03. The molecule has 4 nitrogen and oxygen atoms in total. The molecule has 14 heavy (non-hydrogen) atoms. The number of rotatable bonds is 3. The van der Waals surface area contributed by atoms with Gasteiger partial charge in [0.2, 0.25) is 5.91 Å². The topological polar surface area (TPSA) is 46.9 Å². The Morgan fingerprint density at radius 3 is 2.86 bits per heavy atom. The highest BCUT2D eigenvalue weighted by Gasteiger charge is 2.20. The lowest BCUT2D eigenvalue weighted by atomic mass is 10.2. The van der Waals surface area contributed by atoms with Crippen LogP contribution in [-0.4, -0.2) is 22.2 Å². The molecule has 1 amide bonds. The molecule has 0 aliphatic heterocycles. The Morgan fingerprint density at radius 1 is 1.79 bits per heavy atom. The third-order valence-electron chi connectivity index (χ3n) is 1.91. The maximum atomic E-state index is 11.4. The van der Waals surface area contributed by atoms with Gasteiger partial charge in [0.25, 0.3) is 0 Å². The second-order valence-corrected chi connectivity index (χ2v) is 3.54. The molecule has 1 N–H and O–H groups in total. The number of amides is 1. The summed E-state index contributed by atoms with van der Waals surface area (Å²) in [5.74, 6) is -0.176. The van der Waals surface area contributed by atoms with Gasteiger partial charge < -0.3 is 5.32 Å². The zero-order chi connectivity index (χ0) is 10.7. The van der Waals surface area contributed by atoms with Crippen LogP contribution in [0.25, 0.3) is 0 Å². The Labute approximate surface area is 88.2 Å². The van der Waals surface area contributed by atoms with Crippen molar-refractivity contribution < 1.29 is 4.79 Å². The van der Waals surface area contributed by atoms with Crippen molar-refractivity contribution in [3.8, 4) is 0 Å². The summed E-state index contributed by atoms with van der Waals surface area (Å²) in [6, 6.07) is 0. The molecule has 0 radical (unpaired) electrons. The minimum atomic E-state index is -0.649. The zero-order valence-corrected chi connectivity index (χ0v) is 9.30. The van der Waals surface area contributed by atoms with Gasteiger partial charge in [0.15, 0.2) is 0 Å². The molecule has 0 aromatic carbocycles. The van der Waals surface area contributed by atoms with Crippen molar-refractivity contribution in [1.29, 1.82) is 0 Å². The SMILES string of the molecule is CCNC(=O)C(Cl)c1cn(C)nc1C. The number of likely N-dealkylation sites (N-methyl/N-ethyl adjacent to an activating group) is 1. The van der Waals surface area contributed by atoms with Crippen LogP contribution in [0.5, 0.6) is 0 Å². The number of alkyl halides is 1. The summed E-state index contributed by atoms with van der Waals surface area (Å²) >= 11 is 5.99. The van der Waals surface area contributed by atoms with Gasteiger partial charge in [-0.3, -0.25) is 9.48 Å². The molecule has 0 spiro atoms. The number of nitrogens with one attached hydrogen (secondary N) is 1. The van der Waals surface area contributed by atoms with Crippen molar-refractivity contribution in [1.82, 2.24) is 15.1 Å². The predicted octanol–water partition coefficient (Wildman–Crippen LogP) is 1.14. The summed E-state index contributed by atoms with van der Waals surface area (Å²) < 4.78 is 1.65. The Kier molecular flexibility index (Phi) is 3.52. The van der Waals surface area contributed by atoms with E-state index in [0.29, 0.717) is 6.54 Å². The lowest BCUT2D eigenvalue weighted by Crippen LogP contribution is -2.26. The van der Waals surface area contributed by atoms with Gasteiger partial charge in [0, 0.05) is 25.4 Å². The highest BCUT2D eigenvalue weighted by Crippen LogP contribution is 2.22. The van der Waals surface area contributed by atoms with Gasteiger partial charge in [-0.25, -0.2) is 0 Å². The van der Waals surface area contributed by atoms with Crippen LogP contribution in [0, 0.1) is 6.92 Å². The van der Waals surface area contributed by atoms with E-state index in [-0.39, 0.29) is 5.91 Å². The highest BCUT2D eigenvalue weighted by molar-refractivity contribution is 6.30. The third kappa shape index (κ3) is 2.26. The molecule has 0 aliphatic carbocycles.